The number of nitro groups is 1. The molecule has 26 heavy (non-hydrogen) atoms. The molecule has 3 rings (SSSR count). The van der Waals surface area contributed by atoms with Crippen molar-refractivity contribution in [3.63, 3.8) is 0 Å². The lowest BCUT2D eigenvalue weighted by Gasteiger charge is -2.08. The van der Waals surface area contributed by atoms with Gasteiger partial charge in [0.1, 0.15) is 5.03 Å². The monoisotopic (exact) mass is 429 g/mol. The molecule has 0 saturated carbocycles. The zero-order chi connectivity index (χ0) is 18.5. The highest BCUT2D eigenvalue weighted by Crippen LogP contribution is 2.32. The fraction of sp³-hybridized carbons (Fsp3) is 0. The van der Waals surface area contributed by atoms with Crippen molar-refractivity contribution in [3.8, 4) is 0 Å². The van der Waals surface area contributed by atoms with Crippen LogP contribution in [0.4, 0.5) is 11.4 Å². The standard InChI is InChI=1S/C18H12BrN3O3S/c19-13-6-4-12(5-7-13)18(23)21-14-9-15(22(24)25)11-16(10-14)26-17-3-1-2-8-20-17/h1-11H,(H,21,23). The van der Waals surface area contributed by atoms with Gasteiger partial charge in [-0.05, 0) is 42.5 Å². The predicted molar refractivity (Wildman–Crippen MR) is 104 cm³/mol. The van der Waals surface area contributed by atoms with Crippen LogP contribution >= 0.6 is 27.7 Å². The van der Waals surface area contributed by atoms with Gasteiger partial charge in [0.05, 0.1) is 4.92 Å². The van der Waals surface area contributed by atoms with Crippen molar-refractivity contribution in [1.82, 2.24) is 4.98 Å². The Morgan fingerprint density at radius 3 is 2.54 bits per heavy atom. The second-order valence-corrected chi connectivity index (χ2v) is 7.21. The van der Waals surface area contributed by atoms with E-state index in [9.17, 15) is 14.9 Å². The van der Waals surface area contributed by atoms with Gasteiger partial charge in [-0.15, -0.1) is 0 Å². The van der Waals surface area contributed by atoms with E-state index in [2.05, 4.69) is 26.2 Å². The van der Waals surface area contributed by atoms with Crippen molar-refractivity contribution in [2.24, 2.45) is 0 Å². The van der Waals surface area contributed by atoms with Crippen LogP contribution in [0.3, 0.4) is 0 Å². The fourth-order valence-electron chi connectivity index (χ4n) is 2.15. The Bertz CT molecular complexity index is 950. The summed E-state index contributed by atoms with van der Waals surface area (Å²) >= 11 is 4.60. The maximum absolute atomic E-state index is 12.4. The molecule has 0 aliphatic carbocycles. The van der Waals surface area contributed by atoms with Crippen LogP contribution in [0.1, 0.15) is 10.4 Å². The number of amides is 1. The molecule has 1 N–H and O–H groups in total. The number of nitro benzene ring substituents is 1. The van der Waals surface area contributed by atoms with E-state index in [-0.39, 0.29) is 11.6 Å². The number of aromatic nitrogens is 1. The molecule has 3 aromatic rings. The minimum absolute atomic E-state index is 0.1000. The van der Waals surface area contributed by atoms with Gasteiger partial charge in [-0.25, -0.2) is 4.98 Å². The Balaban J connectivity index is 1.87. The summed E-state index contributed by atoms with van der Waals surface area (Å²) < 4.78 is 0.860. The third-order valence-corrected chi connectivity index (χ3v) is 4.78. The molecule has 6 nitrogen and oxygen atoms in total. The molecule has 0 spiro atoms. The number of nitrogens with zero attached hydrogens (tertiary/aromatic N) is 2. The molecular weight excluding hydrogens is 418 g/mol. The van der Waals surface area contributed by atoms with Gasteiger partial charge in [0.15, 0.2) is 0 Å². The van der Waals surface area contributed by atoms with E-state index in [0.717, 1.165) is 4.47 Å². The zero-order valence-corrected chi connectivity index (χ0v) is 15.7. The largest absolute Gasteiger partial charge is 0.322 e. The van der Waals surface area contributed by atoms with Crippen LogP contribution in [-0.2, 0) is 0 Å². The number of benzene rings is 2. The van der Waals surface area contributed by atoms with E-state index in [1.54, 1.807) is 42.6 Å². The van der Waals surface area contributed by atoms with Gasteiger partial charge >= 0.3 is 0 Å². The third kappa shape index (κ3) is 4.68. The van der Waals surface area contributed by atoms with E-state index in [1.165, 1.54) is 23.9 Å². The lowest BCUT2D eigenvalue weighted by molar-refractivity contribution is -0.385. The smallest absolute Gasteiger partial charge is 0.272 e. The molecule has 0 unspecified atom stereocenters. The van der Waals surface area contributed by atoms with Gasteiger partial charge in [0.25, 0.3) is 11.6 Å². The molecule has 2 aromatic carbocycles. The molecule has 0 aliphatic rings. The number of rotatable bonds is 5. The molecule has 1 amide bonds. The quantitative estimate of drug-likeness (QED) is 0.447. The number of carbonyl (C=O) groups is 1. The SMILES string of the molecule is O=C(Nc1cc(Sc2ccccn2)cc([N+](=O)[O-])c1)c1ccc(Br)cc1. The van der Waals surface area contributed by atoms with Crippen molar-refractivity contribution in [1.29, 1.82) is 0 Å². The van der Waals surface area contributed by atoms with Crippen LogP contribution in [0.5, 0.6) is 0 Å². The molecular formula is C18H12BrN3O3S. The van der Waals surface area contributed by atoms with E-state index < -0.39 is 4.92 Å². The first-order chi connectivity index (χ1) is 12.5. The highest BCUT2D eigenvalue weighted by atomic mass is 79.9. The summed E-state index contributed by atoms with van der Waals surface area (Å²) in [6.07, 6.45) is 1.65. The molecule has 0 radical (unpaired) electrons. The van der Waals surface area contributed by atoms with E-state index in [4.69, 9.17) is 0 Å². The Labute approximate surface area is 161 Å². The maximum atomic E-state index is 12.4. The number of hydrogen-bond donors (Lipinski definition) is 1. The number of nitrogens with one attached hydrogen (secondary N) is 1. The summed E-state index contributed by atoms with van der Waals surface area (Å²) in [7, 11) is 0. The Hall–Kier alpha value is -2.71. The second-order valence-electron chi connectivity index (χ2n) is 5.20. The first-order valence-electron chi connectivity index (χ1n) is 7.46. The Morgan fingerprint density at radius 2 is 1.88 bits per heavy atom. The van der Waals surface area contributed by atoms with Gasteiger partial charge < -0.3 is 5.32 Å². The topological polar surface area (TPSA) is 85.1 Å². The molecule has 0 fully saturated rings. The highest BCUT2D eigenvalue weighted by Gasteiger charge is 2.14. The first-order valence-corrected chi connectivity index (χ1v) is 9.07. The minimum Gasteiger partial charge on any atom is -0.322 e. The van der Waals surface area contributed by atoms with E-state index in [0.29, 0.717) is 21.2 Å². The lowest BCUT2D eigenvalue weighted by atomic mass is 10.2. The molecule has 1 aromatic heterocycles. The van der Waals surface area contributed by atoms with Crippen molar-refractivity contribution in [2.75, 3.05) is 5.32 Å². The maximum Gasteiger partial charge on any atom is 0.272 e. The summed E-state index contributed by atoms with van der Waals surface area (Å²) in [4.78, 5) is 27.9. The number of hydrogen-bond acceptors (Lipinski definition) is 5. The van der Waals surface area contributed by atoms with Crippen molar-refractivity contribution >= 4 is 45.0 Å². The van der Waals surface area contributed by atoms with E-state index in [1.807, 2.05) is 12.1 Å². The van der Waals surface area contributed by atoms with Crippen LogP contribution < -0.4 is 5.32 Å². The number of carbonyl (C=O) groups excluding carboxylic acids is 1. The predicted octanol–water partition coefficient (Wildman–Crippen LogP) is 5.16. The van der Waals surface area contributed by atoms with Gasteiger partial charge in [-0.3, -0.25) is 14.9 Å². The average Bonchev–Trinajstić information content (AvgIpc) is 2.63. The number of non-ortho nitro benzene ring substituents is 1. The summed E-state index contributed by atoms with van der Waals surface area (Å²) in [6, 6.07) is 16.8. The van der Waals surface area contributed by atoms with Gasteiger partial charge in [-0.2, -0.15) is 0 Å². The summed E-state index contributed by atoms with van der Waals surface area (Å²) in [5.74, 6) is -0.341. The molecule has 0 aliphatic heterocycles. The zero-order valence-electron chi connectivity index (χ0n) is 13.3. The van der Waals surface area contributed by atoms with Gasteiger partial charge in [-0.1, -0.05) is 33.8 Å². The molecule has 0 atom stereocenters. The minimum atomic E-state index is -0.488. The molecule has 8 heteroatoms. The average molecular weight is 430 g/mol. The van der Waals surface area contributed by atoms with Gasteiger partial charge in [0, 0.05) is 38.9 Å². The number of pyridine rings is 1. The molecule has 130 valence electrons. The molecule has 0 saturated heterocycles. The molecule has 0 bridgehead atoms. The van der Waals surface area contributed by atoms with Crippen LogP contribution in [0, 0.1) is 10.1 Å². The van der Waals surface area contributed by atoms with E-state index >= 15 is 0 Å². The van der Waals surface area contributed by atoms with Crippen LogP contribution in [-0.4, -0.2) is 15.8 Å². The highest BCUT2D eigenvalue weighted by molar-refractivity contribution is 9.10. The first kappa shape index (κ1) is 18.1. The normalized spacial score (nSPS) is 10.3. The summed E-state index contributed by atoms with van der Waals surface area (Å²) in [5.41, 5.74) is 0.709. The lowest BCUT2D eigenvalue weighted by Crippen LogP contribution is -2.12. The van der Waals surface area contributed by atoms with Gasteiger partial charge in [0.2, 0.25) is 0 Å². The fourth-order valence-corrected chi connectivity index (χ4v) is 3.28. The summed E-state index contributed by atoms with van der Waals surface area (Å²) in [5, 5.41) is 14.6. The van der Waals surface area contributed by atoms with Crippen LogP contribution in [0.25, 0.3) is 0 Å². The Kier molecular flexibility index (Phi) is 5.65. The number of anilines is 1. The Morgan fingerprint density at radius 1 is 1.12 bits per heavy atom. The number of halogens is 1. The van der Waals surface area contributed by atoms with Crippen molar-refractivity contribution in [2.45, 2.75) is 9.92 Å². The second kappa shape index (κ2) is 8.11. The van der Waals surface area contributed by atoms with Crippen LogP contribution in [0.2, 0.25) is 0 Å². The van der Waals surface area contributed by atoms with Crippen molar-refractivity contribution < 1.29 is 9.72 Å². The third-order valence-electron chi connectivity index (χ3n) is 3.33. The van der Waals surface area contributed by atoms with Crippen molar-refractivity contribution in [3.05, 3.63) is 87.0 Å². The molecule has 1 heterocycles. The van der Waals surface area contributed by atoms with Crippen LogP contribution in [0.15, 0.2) is 81.3 Å². The summed E-state index contributed by atoms with van der Waals surface area (Å²) in [6.45, 7) is 0.